The first kappa shape index (κ1) is 23.4. The number of ether oxygens (including phenoxy) is 1. The Morgan fingerprint density at radius 1 is 0.906 bits per heavy atom. The highest BCUT2D eigenvalue weighted by Gasteiger charge is 2.21. The zero-order valence-electron chi connectivity index (χ0n) is 18.5. The molecule has 1 heterocycles. The minimum Gasteiger partial charge on any atom is -0.454 e. The van der Waals surface area contributed by atoms with Crippen molar-refractivity contribution >= 4 is 29.0 Å². The largest absolute Gasteiger partial charge is 0.454 e. The van der Waals surface area contributed by atoms with Crippen molar-refractivity contribution in [2.24, 2.45) is 5.41 Å². The van der Waals surface area contributed by atoms with Gasteiger partial charge >= 0.3 is 5.97 Å². The number of rotatable bonds is 8. The van der Waals surface area contributed by atoms with Crippen LogP contribution in [0.2, 0.25) is 0 Å². The summed E-state index contributed by atoms with van der Waals surface area (Å²) in [6.07, 6.45) is 0.606. The number of carbonyl (C=O) groups excluding carboxylic acids is 3. The van der Waals surface area contributed by atoms with Crippen LogP contribution in [0.15, 0.2) is 66.7 Å². The summed E-state index contributed by atoms with van der Waals surface area (Å²) >= 11 is 1.29. The van der Waals surface area contributed by atoms with Crippen LogP contribution in [0.3, 0.4) is 0 Å². The highest BCUT2D eigenvalue weighted by atomic mass is 32.1. The molecule has 0 aliphatic carbocycles. The minimum atomic E-state index is -0.515. The number of nitrogens with one attached hydrogen (secondary N) is 1. The maximum atomic E-state index is 12.6. The van der Waals surface area contributed by atoms with Gasteiger partial charge in [0, 0.05) is 10.3 Å². The summed E-state index contributed by atoms with van der Waals surface area (Å²) in [5.41, 5.74) is 1.93. The lowest BCUT2D eigenvalue weighted by molar-refractivity contribution is -0.128. The predicted octanol–water partition coefficient (Wildman–Crippen LogP) is 5.04. The molecule has 0 spiro atoms. The molecule has 3 aromatic rings. The lowest BCUT2D eigenvalue weighted by Gasteiger charge is -2.17. The second-order valence-corrected chi connectivity index (χ2v) is 9.69. The molecule has 0 aliphatic heterocycles. The van der Waals surface area contributed by atoms with Gasteiger partial charge in [0.15, 0.2) is 6.61 Å². The van der Waals surface area contributed by atoms with Crippen LogP contribution < -0.4 is 5.32 Å². The Labute approximate surface area is 192 Å². The Hall–Kier alpha value is -3.25. The van der Waals surface area contributed by atoms with Gasteiger partial charge in [0.2, 0.25) is 11.7 Å². The summed E-state index contributed by atoms with van der Waals surface area (Å²) in [6.45, 7) is 5.57. The molecular weight excluding hydrogens is 422 g/mol. The van der Waals surface area contributed by atoms with E-state index in [-0.39, 0.29) is 18.3 Å². The predicted molar refractivity (Wildman–Crippen MR) is 126 cm³/mol. The first-order chi connectivity index (χ1) is 15.2. The Morgan fingerprint density at radius 3 is 2.31 bits per heavy atom. The van der Waals surface area contributed by atoms with E-state index in [4.69, 9.17) is 4.74 Å². The third kappa shape index (κ3) is 6.37. The number of esters is 1. The van der Waals surface area contributed by atoms with Gasteiger partial charge in [0.1, 0.15) is 0 Å². The molecule has 166 valence electrons. The number of amides is 1. The average Bonchev–Trinajstić information content (AvgIpc) is 3.25. The molecule has 0 radical (unpaired) electrons. The standard InChI is InChI=1S/C26H27NO4S/c1-26(2,3)25(30)27-16-20-13-14-23(32-20)22(28)17-31-24(29)21-12-8-7-11-19(21)15-18-9-5-4-6-10-18/h4-14H,15-17H2,1-3H3,(H,27,30). The highest BCUT2D eigenvalue weighted by Crippen LogP contribution is 2.20. The summed E-state index contributed by atoms with van der Waals surface area (Å²) in [7, 11) is 0. The molecule has 0 unspecified atom stereocenters. The smallest absolute Gasteiger partial charge is 0.338 e. The van der Waals surface area contributed by atoms with Crippen LogP contribution in [0, 0.1) is 5.41 Å². The molecule has 0 saturated carbocycles. The molecule has 3 rings (SSSR count). The summed E-state index contributed by atoms with van der Waals surface area (Å²) in [5.74, 6) is -0.835. The second-order valence-electron chi connectivity index (χ2n) is 8.52. The van der Waals surface area contributed by atoms with Gasteiger partial charge in [0.05, 0.1) is 17.0 Å². The van der Waals surface area contributed by atoms with Gasteiger partial charge in [-0.1, -0.05) is 69.3 Å². The van der Waals surface area contributed by atoms with E-state index in [1.807, 2.05) is 63.2 Å². The molecular formula is C26H27NO4S. The quantitative estimate of drug-likeness (QED) is 0.386. The summed E-state index contributed by atoms with van der Waals surface area (Å²) in [5, 5.41) is 2.86. The lowest BCUT2D eigenvalue weighted by atomic mass is 9.96. The van der Waals surface area contributed by atoms with E-state index in [9.17, 15) is 14.4 Å². The van der Waals surface area contributed by atoms with Gasteiger partial charge < -0.3 is 10.1 Å². The fraction of sp³-hybridized carbons (Fsp3) is 0.269. The molecule has 0 fully saturated rings. The molecule has 1 aromatic heterocycles. The van der Waals surface area contributed by atoms with Crippen LogP contribution in [0.5, 0.6) is 0 Å². The third-order valence-electron chi connectivity index (χ3n) is 4.85. The van der Waals surface area contributed by atoms with Crippen LogP contribution in [0.4, 0.5) is 0 Å². The van der Waals surface area contributed by atoms with Gasteiger partial charge in [-0.2, -0.15) is 0 Å². The first-order valence-electron chi connectivity index (χ1n) is 10.4. The molecule has 5 nitrogen and oxygen atoms in total. The number of ketones is 1. The van der Waals surface area contributed by atoms with Crippen molar-refractivity contribution in [1.82, 2.24) is 5.32 Å². The van der Waals surface area contributed by atoms with Gasteiger partial charge in [0.25, 0.3) is 0 Å². The van der Waals surface area contributed by atoms with Crippen molar-refractivity contribution in [1.29, 1.82) is 0 Å². The van der Waals surface area contributed by atoms with Gasteiger partial charge in [-0.3, -0.25) is 9.59 Å². The van der Waals surface area contributed by atoms with Crippen molar-refractivity contribution in [2.75, 3.05) is 6.61 Å². The van der Waals surface area contributed by atoms with E-state index in [0.29, 0.717) is 23.4 Å². The Kier molecular flexibility index (Phi) is 7.59. The maximum absolute atomic E-state index is 12.6. The summed E-state index contributed by atoms with van der Waals surface area (Å²) < 4.78 is 5.32. The molecule has 2 aromatic carbocycles. The van der Waals surface area contributed by atoms with Crippen LogP contribution in [0.1, 0.15) is 56.8 Å². The van der Waals surface area contributed by atoms with Crippen molar-refractivity contribution in [3.05, 3.63) is 93.2 Å². The summed E-state index contributed by atoms with van der Waals surface area (Å²) in [4.78, 5) is 38.5. The minimum absolute atomic E-state index is 0.0538. The van der Waals surface area contributed by atoms with Crippen LogP contribution >= 0.6 is 11.3 Å². The molecule has 6 heteroatoms. The Bertz CT molecular complexity index is 1100. The number of hydrogen-bond donors (Lipinski definition) is 1. The zero-order valence-corrected chi connectivity index (χ0v) is 19.3. The Morgan fingerprint density at radius 2 is 1.59 bits per heavy atom. The van der Waals surface area contributed by atoms with Crippen molar-refractivity contribution in [3.63, 3.8) is 0 Å². The van der Waals surface area contributed by atoms with E-state index in [2.05, 4.69) is 5.32 Å². The lowest BCUT2D eigenvalue weighted by Crippen LogP contribution is -2.34. The SMILES string of the molecule is CC(C)(C)C(=O)NCc1ccc(C(=O)COC(=O)c2ccccc2Cc2ccccc2)s1. The fourth-order valence-electron chi connectivity index (χ4n) is 3.02. The highest BCUT2D eigenvalue weighted by molar-refractivity contribution is 7.14. The molecule has 0 saturated heterocycles. The number of thiophene rings is 1. The third-order valence-corrected chi connectivity index (χ3v) is 5.98. The van der Waals surface area contributed by atoms with Gasteiger partial charge in [-0.15, -0.1) is 11.3 Å². The molecule has 1 amide bonds. The summed E-state index contributed by atoms with van der Waals surface area (Å²) in [6, 6.07) is 20.6. The first-order valence-corrected chi connectivity index (χ1v) is 11.2. The topological polar surface area (TPSA) is 72.5 Å². The maximum Gasteiger partial charge on any atom is 0.338 e. The molecule has 0 bridgehead atoms. The molecule has 0 aliphatic rings. The van der Waals surface area contributed by atoms with Crippen molar-refractivity contribution < 1.29 is 19.1 Å². The molecule has 32 heavy (non-hydrogen) atoms. The van der Waals surface area contributed by atoms with E-state index < -0.39 is 11.4 Å². The van der Waals surface area contributed by atoms with Crippen molar-refractivity contribution in [3.8, 4) is 0 Å². The molecule has 1 N–H and O–H groups in total. The number of benzene rings is 2. The van der Waals surface area contributed by atoms with E-state index in [1.54, 1.807) is 24.3 Å². The Balaban J connectivity index is 1.57. The molecule has 0 atom stereocenters. The normalized spacial score (nSPS) is 11.1. The van der Waals surface area contributed by atoms with Crippen molar-refractivity contribution in [2.45, 2.75) is 33.7 Å². The number of hydrogen-bond acceptors (Lipinski definition) is 5. The fourth-order valence-corrected chi connectivity index (χ4v) is 3.90. The van der Waals surface area contributed by atoms with Gasteiger partial charge in [-0.05, 0) is 35.7 Å². The van der Waals surface area contributed by atoms with Crippen LogP contribution in [-0.4, -0.2) is 24.3 Å². The second kappa shape index (κ2) is 10.4. The zero-order chi connectivity index (χ0) is 23.1. The number of Topliss-reactive ketones (excluding diaryl/α,β-unsaturated/α-hetero) is 1. The van der Waals surface area contributed by atoms with Crippen LogP contribution in [-0.2, 0) is 22.5 Å². The van der Waals surface area contributed by atoms with E-state index in [1.165, 1.54) is 11.3 Å². The van der Waals surface area contributed by atoms with E-state index >= 15 is 0 Å². The van der Waals surface area contributed by atoms with Gasteiger partial charge in [-0.25, -0.2) is 4.79 Å². The van der Waals surface area contributed by atoms with Crippen LogP contribution in [0.25, 0.3) is 0 Å². The van der Waals surface area contributed by atoms with E-state index in [0.717, 1.165) is 16.0 Å². The number of carbonyl (C=O) groups is 3. The average molecular weight is 450 g/mol. The monoisotopic (exact) mass is 449 g/mol.